The smallest absolute Gasteiger partial charge is 0.407 e. The average molecular weight is 481 g/mol. The first-order valence-electron chi connectivity index (χ1n) is 12.1. The number of fused-ring (bicyclic) bond motifs is 3. The molecule has 1 fully saturated rings. The third-order valence-electron chi connectivity index (χ3n) is 7.12. The minimum absolute atomic E-state index is 0.0803. The number of carbonyl (C=O) groups excluding carboxylic acids is 2. The Balaban J connectivity index is 1.42. The van der Waals surface area contributed by atoms with Crippen LogP contribution in [0.15, 0.2) is 48.5 Å². The molecule has 0 radical (unpaired) electrons. The molecule has 8 nitrogen and oxygen atoms in total. The zero-order valence-electron chi connectivity index (χ0n) is 20.1. The molecule has 4 rings (SSSR count). The number of amides is 2. The number of benzene rings is 2. The third kappa shape index (κ3) is 5.17. The number of hydrogen-bond donors (Lipinski definition) is 2. The largest absolute Gasteiger partial charge is 0.480 e. The lowest BCUT2D eigenvalue weighted by Gasteiger charge is -2.38. The Morgan fingerprint density at radius 1 is 1.09 bits per heavy atom. The van der Waals surface area contributed by atoms with Crippen molar-refractivity contribution in [1.82, 2.24) is 10.2 Å². The number of rotatable bonds is 8. The van der Waals surface area contributed by atoms with Crippen molar-refractivity contribution in [3.05, 3.63) is 59.7 Å². The molecule has 0 bridgehead atoms. The van der Waals surface area contributed by atoms with Crippen LogP contribution in [0.4, 0.5) is 4.79 Å². The normalized spacial score (nSPS) is 20.0. The van der Waals surface area contributed by atoms with Crippen molar-refractivity contribution in [2.75, 3.05) is 26.9 Å². The molecule has 3 unspecified atom stereocenters. The van der Waals surface area contributed by atoms with Gasteiger partial charge in [0.05, 0.1) is 6.61 Å². The van der Waals surface area contributed by atoms with Gasteiger partial charge < -0.3 is 24.8 Å². The molecule has 1 aliphatic carbocycles. The van der Waals surface area contributed by atoms with E-state index in [0.717, 1.165) is 35.1 Å². The SMILES string of the molecule is CCC1CCN(C(=O)C(COC)NC(=O)OCC2c3ccccc3-c3ccccc32)C(C(=O)O)C1. The Kier molecular flexibility index (Phi) is 7.70. The van der Waals surface area contributed by atoms with Crippen LogP contribution in [0.2, 0.25) is 0 Å². The highest BCUT2D eigenvalue weighted by Gasteiger charge is 2.39. The van der Waals surface area contributed by atoms with Crippen LogP contribution in [0, 0.1) is 5.92 Å². The summed E-state index contributed by atoms with van der Waals surface area (Å²) < 4.78 is 10.7. The first-order chi connectivity index (χ1) is 16.9. The number of nitrogens with one attached hydrogen (secondary N) is 1. The van der Waals surface area contributed by atoms with E-state index in [1.54, 1.807) is 0 Å². The highest BCUT2D eigenvalue weighted by atomic mass is 16.5. The second-order valence-corrected chi connectivity index (χ2v) is 9.16. The molecule has 35 heavy (non-hydrogen) atoms. The maximum atomic E-state index is 13.2. The fraction of sp³-hybridized carbons (Fsp3) is 0.444. The number of carboxylic acid groups (broad SMARTS) is 1. The van der Waals surface area contributed by atoms with E-state index in [2.05, 4.69) is 17.4 Å². The van der Waals surface area contributed by atoms with Gasteiger partial charge in [0.15, 0.2) is 0 Å². The maximum absolute atomic E-state index is 13.2. The number of alkyl carbamates (subject to hydrolysis) is 1. The van der Waals surface area contributed by atoms with Gasteiger partial charge in [0.1, 0.15) is 18.7 Å². The molecule has 2 N–H and O–H groups in total. The second kappa shape index (κ2) is 10.9. The molecule has 2 amide bonds. The van der Waals surface area contributed by atoms with E-state index in [4.69, 9.17) is 9.47 Å². The number of likely N-dealkylation sites (tertiary alicyclic amines) is 1. The van der Waals surface area contributed by atoms with Gasteiger partial charge in [-0.2, -0.15) is 0 Å². The number of carbonyl (C=O) groups is 3. The monoisotopic (exact) mass is 480 g/mol. The van der Waals surface area contributed by atoms with Gasteiger partial charge in [-0.25, -0.2) is 9.59 Å². The summed E-state index contributed by atoms with van der Waals surface area (Å²) in [5.41, 5.74) is 4.43. The van der Waals surface area contributed by atoms with E-state index < -0.39 is 30.1 Å². The van der Waals surface area contributed by atoms with Gasteiger partial charge in [0.25, 0.3) is 0 Å². The predicted molar refractivity (Wildman–Crippen MR) is 130 cm³/mol. The van der Waals surface area contributed by atoms with Crippen LogP contribution in [0.3, 0.4) is 0 Å². The van der Waals surface area contributed by atoms with Gasteiger partial charge in [-0.15, -0.1) is 0 Å². The van der Waals surface area contributed by atoms with Crippen molar-refractivity contribution in [3.63, 3.8) is 0 Å². The minimum Gasteiger partial charge on any atom is -0.480 e. The fourth-order valence-electron chi connectivity index (χ4n) is 5.23. The molecule has 2 aromatic rings. The summed E-state index contributed by atoms with van der Waals surface area (Å²) in [5, 5.41) is 12.3. The molecule has 0 spiro atoms. The van der Waals surface area contributed by atoms with E-state index in [-0.39, 0.29) is 25.0 Å². The van der Waals surface area contributed by atoms with Crippen molar-refractivity contribution >= 4 is 18.0 Å². The van der Waals surface area contributed by atoms with Crippen LogP contribution in [0.5, 0.6) is 0 Å². The van der Waals surface area contributed by atoms with Crippen LogP contribution in [-0.4, -0.2) is 66.9 Å². The predicted octanol–water partition coefficient (Wildman–Crippen LogP) is 3.64. The van der Waals surface area contributed by atoms with E-state index in [9.17, 15) is 19.5 Å². The Morgan fingerprint density at radius 2 is 1.71 bits per heavy atom. The van der Waals surface area contributed by atoms with Crippen molar-refractivity contribution in [2.45, 2.75) is 44.2 Å². The number of nitrogens with zero attached hydrogens (tertiary/aromatic N) is 1. The second-order valence-electron chi connectivity index (χ2n) is 9.16. The van der Waals surface area contributed by atoms with Gasteiger partial charge in [0, 0.05) is 19.6 Å². The van der Waals surface area contributed by atoms with Gasteiger partial charge in [0.2, 0.25) is 5.91 Å². The Morgan fingerprint density at radius 3 is 2.29 bits per heavy atom. The van der Waals surface area contributed by atoms with E-state index in [1.807, 2.05) is 43.3 Å². The molecule has 186 valence electrons. The molecule has 1 saturated heterocycles. The maximum Gasteiger partial charge on any atom is 0.407 e. The Hall–Kier alpha value is -3.39. The van der Waals surface area contributed by atoms with Crippen molar-refractivity contribution in [1.29, 1.82) is 0 Å². The molecule has 0 saturated carbocycles. The van der Waals surface area contributed by atoms with E-state index in [1.165, 1.54) is 12.0 Å². The molecule has 2 aliphatic rings. The van der Waals surface area contributed by atoms with E-state index in [0.29, 0.717) is 13.0 Å². The summed E-state index contributed by atoms with van der Waals surface area (Å²) in [6.45, 7) is 2.39. The lowest BCUT2D eigenvalue weighted by molar-refractivity contribution is -0.154. The molecular formula is C27H32N2O6. The van der Waals surface area contributed by atoms with Gasteiger partial charge in [-0.05, 0) is 41.0 Å². The quantitative estimate of drug-likeness (QED) is 0.598. The number of carboxylic acids is 1. The van der Waals surface area contributed by atoms with Crippen molar-refractivity contribution in [2.24, 2.45) is 5.92 Å². The summed E-state index contributed by atoms with van der Waals surface area (Å²) in [6.07, 6.45) is 1.27. The van der Waals surface area contributed by atoms with Crippen LogP contribution < -0.4 is 5.32 Å². The Labute approximate surface area is 205 Å². The summed E-state index contributed by atoms with van der Waals surface area (Å²) in [5.74, 6) is -1.35. The lowest BCUT2D eigenvalue weighted by atomic mass is 9.88. The molecule has 0 aromatic heterocycles. The molecular weight excluding hydrogens is 448 g/mol. The van der Waals surface area contributed by atoms with E-state index >= 15 is 0 Å². The summed E-state index contributed by atoms with van der Waals surface area (Å²) in [7, 11) is 1.43. The van der Waals surface area contributed by atoms with Crippen molar-refractivity contribution < 1.29 is 29.0 Å². The zero-order chi connectivity index (χ0) is 24.9. The molecule has 1 aliphatic heterocycles. The number of methoxy groups -OCH3 is 1. The molecule has 1 heterocycles. The first-order valence-corrected chi connectivity index (χ1v) is 12.1. The highest BCUT2D eigenvalue weighted by molar-refractivity contribution is 5.89. The van der Waals surface area contributed by atoms with Crippen LogP contribution in [0.1, 0.15) is 43.2 Å². The average Bonchev–Trinajstić information content (AvgIpc) is 3.20. The number of aliphatic carboxylic acids is 1. The molecule has 3 atom stereocenters. The standard InChI is InChI=1S/C27H32N2O6/c1-3-17-12-13-29(24(14-17)26(31)32)25(30)23(16-34-2)28-27(33)35-15-22-20-10-6-4-8-18(20)19-9-5-7-11-21(19)22/h4-11,17,22-24H,3,12-16H2,1-2H3,(H,28,33)(H,31,32). The summed E-state index contributed by atoms with van der Waals surface area (Å²) in [6, 6.07) is 14.1. The molecule has 2 aromatic carbocycles. The lowest BCUT2D eigenvalue weighted by Crippen LogP contribution is -2.57. The van der Waals surface area contributed by atoms with Crippen LogP contribution in [0.25, 0.3) is 11.1 Å². The molecule has 8 heteroatoms. The highest BCUT2D eigenvalue weighted by Crippen LogP contribution is 2.44. The first kappa shape index (κ1) is 24.7. The number of hydrogen-bond acceptors (Lipinski definition) is 5. The Bertz CT molecular complexity index is 1040. The minimum atomic E-state index is -1.03. The van der Waals surface area contributed by atoms with Gasteiger partial charge in [-0.3, -0.25) is 4.79 Å². The zero-order valence-corrected chi connectivity index (χ0v) is 20.1. The fourth-order valence-corrected chi connectivity index (χ4v) is 5.23. The van der Waals surface area contributed by atoms with Gasteiger partial charge >= 0.3 is 12.1 Å². The topological polar surface area (TPSA) is 105 Å². The van der Waals surface area contributed by atoms with Crippen LogP contribution in [-0.2, 0) is 19.1 Å². The third-order valence-corrected chi connectivity index (χ3v) is 7.12. The number of piperidine rings is 1. The summed E-state index contributed by atoms with van der Waals surface area (Å²) in [4.78, 5) is 39.2. The summed E-state index contributed by atoms with van der Waals surface area (Å²) >= 11 is 0. The number of ether oxygens (including phenoxy) is 2. The van der Waals surface area contributed by atoms with Crippen molar-refractivity contribution in [3.8, 4) is 11.1 Å². The van der Waals surface area contributed by atoms with Gasteiger partial charge in [-0.1, -0.05) is 61.9 Å². The van der Waals surface area contributed by atoms with Crippen LogP contribution >= 0.6 is 0 Å².